The first-order valence-corrected chi connectivity index (χ1v) is 11.1. The van der Waals surface area contributed by atoms with Gasteiger partial charge in [-0.15, -0.1) is 0 Å². The highest BCUT2D eigenvalue weighted by molar-refractivity contribution is 5.81. The number of esters is 2. The minimum absolute atomic E-state index is 0.0673. The van der Waals surface area contributed by atoms with Crippen LogP contribution in [0.2, 0.25) is 0 Å². The molecule has 0 saturated carbocycles. The summed E-state index contributed by atoms with van der Waals surface area (Å²) in [6, 6.07) is 0. The molecule has 176 valence electrons. The molecule has 3 unspecified atom stereocenters. The van der Waals surface area contributed by atoms with Gasteiger partial charge in [0.25, 0.3) is 0 Å². The van der Waals surface area contributed by atoms with Crippen LogP contribution in [0.15, 0.2) is 0 Å². The number of rotatable bonds is 11. The van der Waals surface area contributed by atoms with Gasteiger partial charge in [0.05, 0.1) is 30.1 Å². The van der Waals surface area contributed by atoms with Gasteiger partial charge in [-0.2, -0.15) is 0 Å². The molecule has 6 heteroatoms. The molecule has 1 aliphatic heterocycles. The second-order valence-corrected chi connectivity index (χ2v) is 11.1. The Labute approximate surface area is 183 Å². The highest BCUT2D eigenvalue weighted by Gasteiger charge is 2.56. The van der Waals surface area contributed by atoms with Crippen LogP contribution < -0.4 is 0 Å². The second kappa shape index (κ2) is 9.56. The summed E-state index contributed by atoms with van der Waals surface area (Å²) >= 11 is 0. The molecule has 0 radical (unpaired) electrons. The molecule has 1 saturated heterocycles. The normalized spacial score (nSPS) is 27.3. The number of carbonyl (C=O) groups excluding carboxylic acids is 2. The summed E-state index contributed by atoms with van der Waals surface area (Å²) < 4.78 is 22.8. The summed E-state index contributed by atoms with van der Waals surface area (Å²) in [5.41, 5.74) is -2.93. The monoisotopic (exact) mass is 428 g/mol. The highest BCUT2D eigenvalue weighted by atomic mass is 16.6. The molecule has 6 nitrogen and oxygen atoms in total. The molecule has 3 atom stereocenters. The van der Waals surface area contributed by atoms with E-state index in [9.17, 15) is 9.59 Å². The number of methoxy groups -OCH3 is 2. The molecular formula is C24H44O6. The Morgan fingerprint density at radius 3 is 2.17 bits per heavy atom. The largest absolute Gasteiger partial charge is 0.469 e. The van der Waals surface area contributed by atoms with Crippen molar-refractivity contribution in [3.63, 3.8) is 0 Å². The molecule has 0 bridgehead atoms. The Kier molecular flexibility index (Phi) is 8.57. The van der Waals surface area contributed by atoms with Crippen LogP contribution in [0.5, 0.6) is 0 Å². The zero-order valence-corrected chi connectivity index (χ0v) is 20.9. The first-order chi connectivity index (χ1) is 13.6. The fraction of sp³-hybridized carbons (Fsp3) is 0.917. The van der Waals surface area contributed by atoms with Crippen LogP contribution >= 0.6 is 0 Å². The Hall–Kier alpha value is -1.14. The maximum absolute atomic E-state index is 13.0. The number of cyclic esters (lactones) is 1. The van der Waals surface area contributed by atoms with E-state index in [1.807, 2.05) is 27.7 Å². The predicted molar refractivity (Wildman–Crippen MR) is 117 cm³/mol. The quantitative estimate of drug-likeness (QED) is 0.435. The maximum Gasteiger partial charge on any atom is 0.312 e. The smallest absolute Gasteiger partial charge is 0.312 e. The van der Waals surface area contributed by atoms with Crippen LogP contribution in [-0.4, -0.2) is 50.6 Å². The second-order valence-electron chi connectivity index (χ2n) is 11.1. The molecular weight excluding hydrogens is 384 g/mol. The van der Waals surface area contributed by atoms with E-state index in [2.05, 4.69) is 27.7 Å². The van der Waals surface area contributed by atoms with Crippen molar-refractivity contribution in [2.24, 2.45) is 16.2 Å². The average molecular weight is 429 g/mol. The van der Waals surface area contributed by atoms with E-state index in [1.54, 1.807) is 7.11 Å². The third-order valence-electron chi connectivity index (χ3n) is 6.71. The highest BCUT2D eigenvalue weighted by Crippen LogP contribution is 2.50. The van der Waals surface area contributed by atoms with Gasteiger partial charge >= 0.3 is 11.9 Å². The van der Waals surface area contributed by atoms with Crippen LogP contribution in [0.3, 0.4) is 0 Å². The van der Waals surface area contributed by atoms with Gasteiger partial charge in [0.2, 0.25) is 0 Å². The first kappa shape index (κ1) is 26.9. The van der Waals surface area contributed by atoms with Gasteiger partial charge in [-0.25, -0.2) is 0 Å². The SMILES string of the molecule is CCC(C)(C)CC(C)(CC1(C)CC(COC)(OC(C)(C)CC)COC1=O)C(=O)OC. The summed E-state index contributed by atoms with van der Waals surface area (Å²) in [7, 11) is 3.03. The van der Waals surface area contributed by atoms with E-state index in [4.69, 9.17) is 18.9 Å². The molecule has 1 rings (SSSR count). The summed E-state index contributed by atoms with van der Waals surface area (Å²) in [5, 5.41) is 0. The lowest BCUT2D eigenvalue weighted by Gasteiger charge is -2.49. The van der Waals surface area contributed by atoms with Crippen molar-refractivity contribution < 1.29 is 28.5 Å². The van der Waals surface area contributed by atoms with Crippen molar-refractivity contribution >= 4 is 11.9 Å². The van der Waals surface area contributed by atoms with Gasteiger partial charge in [-0.05, 0) is 58.8 Å². The Bertz CT molecular complexity index is 613. The van der Waals surface area contributed by atoms with E-state index < -0.39 is 16.4 Å². The van der Waals surface area contributed by atoms with Gasteiger partial charge in [0.15, 0.2) is 0 Å². The fourth-order valence-corrected chi connectivity index (χ4v) is 4.94. The van der Waals surface area contributed by atoms with Gasteiger partial charge in [0, 0.05) is 7.11 Å². The molecule has 1 heterocycles. The predicted octanol–water partition coefficient (Wildman–Crippen LogP) is 4.93. The number of hydrogen-bond acceptors (Lipinski definition) is 6. The van der Waals surface area contributed by atoms with E-state index in [-0.39, 0.29) is 29.6 Å². The van der Waals surface area contributed by atoms with Crippen LogP contribution in [0.25, 0.3) is 0 Å². The molecule has 1 aliphatic rings. The maximum atomic E-state index is 13.0. The van der Waals surface area contributed by atoms with Crippen LogP contribution in [0.4, 0.5) is 0 Å². The van der Waals surface area contributed by atoms with Gasteiger partial charge in [-0.1, -0.05) is 34.1 Å². The molecule has 0 aromatic heterocycles. The first-order valence-electron chi connectivity index (χ1n) is 11.1. The molecule has 0 aliphatic carbocycles. The Morgan fingerprint density at radius 1 is 1.10 bits per heavy atom. The van der Waals surface area contributed by atoms with Crippen molar-refractivity contribution in [3.8, 4) is 0 Å². The van der Waals surface area contributed by atoms with E-state index in [0.29, 0.717) is 25.9 Å². The average Bonchev–Trinajstić information content (AvgIpc) is 2.63. The van der Waals surface area contributed by atoms with Gasteiger partial charge in [0.1, 0.15) is 12.2 Å². The molecule has 0 aromatic rings. The molecule has 1 fully saturated rings. The lowest BCUT2D eigenvalue weighted by Crippen LogP contribution is -2.58. The van der Waals surface area contributed by atoms with Crippen LogP contribution in [-0.2, 0) is 28.5 Å². The van der Waals surface area contributed by atoms with Crippen molar-refractivity contribution in [3.05, 3.63) is 0 Å². The van der Waals surface area contributed by atoms with Crippen LogP contribution in [0.1, 0.15) is 87.5 Å². The third-order valence-corrected chi connectivity index (χ3v) is 6.71. The van der Waals surface area contributed by atoms with Crippen molar-refractivity contribution in [1.29, 1.82) is 0 Å². The number of ether oxygens (including phenoxy) is 4. The van der Waals surface area contributed by atoms with Gasteiger partial charge in [-0.3, -0.25) is 9.59 Å². The lowest BCUT2D eigenvalue weighted by atomic mass is 9.62. The molecule has 0 amide bonds. The minimum atomic E-state index is -0.895. The summed E-state index contributed by atoms with van der Waals surface area (Å²) in [5.74, 6) is -0.590. The minimum Gasteiger partial charge on any atom is -0.469 e. The summed E-state index contributed by atoms with van der Waals surface area (Å²) in [4.78, 5) is 25.9. The molecule has 0 spiro atoms. The Morgan fingerprint density at radius 2 is 1.70 bits per heavy atom. The van der Waals surface area contributed by atoms with Gasteiger partial charge < -0.3 is 18.9 Å². The van der Waals surface area contributed by atoms with E-state index >= 15 is 0 Å². The standard InChI is InChI=1S/C24H44O6/c1-11-20(3,4)13-22(7,18(25)28-10)14-23(8)15-24(16-27-9,17-29-19(23)26)30-21(5,6)12-2/h11-17H2,1-10H3. The Balaban J connectivity index is 3.32. The van der Waals surface area contributed by atoms with Crippen molar-refractivity contribution in [2.75, 3.05) is 27.4 Å². The van der Waals surface area contributed by atoms with Crippen molar-refractivity contribution in [2.45, 2.75) is 98.7 Å². The third kappa shape index (κ3) is 6.43. The van der Waals surface area contributed by atoms with E-state index in [0.717, 1.165) is 12.8 Å². The number of carbonyl (C=O) groups is 2. The summed E-state index contributed by atoms with van der Waals surface area (Å²) in [6.07, 6.45) is 3.10. The number of hydrogen-bond donors (Lipinski definition) is 0. The lowest BCUT2D eigenvalue weighted by molar-refractivity contribution is -0.234. The summed E-state index contributed by atoms with van der Waals surface area (Å²) in [6.45, 7) is 16.7. The molecule has 0 aromatic carbocycles. The van der Waals surface area contributed by atoms with Crippen LogP contribution in [0, 0.1) is 16.2 Å². The molecule has 30 heavy (non-hydrogen) atoms. The topological polar surface area (TPSA) is 71.1 Å². The fourth-order valence-electron chi connectivity index (χ4n) is 4.94. The zero-order chi connectivity index (χ0) is 23.4. The zero-order valence-electron chi connectivity index (χ0n) is 20.9. The molecule has 0 N–H and O–H groups in total. The van der Waals surface area contributed by atoms with Crippen molar-refractivity contribution in [1.82, 2.24) is 0 Å². The van der Waals surface area contributed by atoms with E-state index in [1.165, 1.54) is 7.11 Å².